The van der Waals surface area contributed by atoms with Crippen LogP contribution >= 0.6 is 0 Å². The number of nitrogens with zero attached hydrogens (tertiary/aromatic N) is 1. The number of rotatable bonds is 6. The molecule has 0 radical (unpaired) electrons. The number of likely N-dealkylation sites (N-methyl/N-ethyl adjacent to an activating group) is 1. The van der Waals surface area contributed by atoms with Crippen LogP contribution in [0.1, 0.15) is 19.4 Å². The van der Waals surface area contributed by atoms with Crippen molar-refractivity contribution in [2.24, 2.45) is 0 Å². The maximum atomic E-state index is 11.6. The second kappa shape index (κ2) is 7.78. The van der Waals surface area contributed by atoms with Crippen molar-refractivity contribution in [1.82, 2.24) is 10.6 Å². The minimum atomic E-state index is -0.646. The summed E-state index contributed by atoms with van der Waals surface area (Å²) in [5.74, 6) is -0.713. The Kier molecular flexibility index (Phi) is 6.06. The minimum absolute atomic E-state index is 0.0479. The molecule has 0 aliphatic rings. The fourth-order valence-corrected chi connectivity index (χ4v) is 1.57. The van der Waals surface area contributed by atoms with Gasteiger partial charge in [0.05, 0.1) is 4.92 Å². The van der Waals surface area contributed by atoms with E-state index >= 15 is 0 Å². The monoisotopic (exact) mass is 291 g/mol. The molecule has 0 fully saturated rings. The van der Waals surface area contributed by atoms with E-state index in [0.717, 1.165) is 0 Å². The van der Waals surface area contributed by atoms with E-state index in [2.05, 4.69) is 10.6 Å². The number of hydrogen-bond acceptors (Lipinski definition) is 4. The van der Waals surface area contributed by atoms with E-state index in [-0.39, 0.29) is 11.6 Å². The lowest BCUT2D eigenvalue weighted by Crippen LogP contribution is -2.44. The fourth-order valence-electron chi connectivity index (χ4n) is 1.57. The number of carbonyl (C=O) groups is 2. The zero-order valence-electron chi connectivity index (χ0n) is 11.8. The van der Waals surface area contributed by atoms with Crippen molar-refractivity contribution in [3.63, 3.8) is 0 Å². The smallest absolute Gasteiger partial charge is 0.270 e. The van der Waals surface area contributed by atoms with Gasteiger partial charge < -0.3 is 10.6 Å². The molecule has 21 heavy (non-hydrogen) atoms. The quantitative estimate of drug-likeness (QED) is 0.468. The van der Waals surface area contributed by atoms with E-state index in [9.17, 15) is 19.7 Å². The van der Waals surface area contributed by atoms with E-state index in [1.54, 1.807) is 19.9 Å². The Morgan fingerprint density at radius 3 is 2.76 bits per heavy atom. The van der Waals surface area contributed by atoms with E-state index in [4.69, 9.17) is 0 Å². The van der Waals surface area contributed by atoms with Gasteiger partial charge in [0.1, 0.15) is 6.04 Å². The van der Waals surface area contributed by atoms with Gasteiger partial charge in [-0.25, -0.2) is 0 Å². The molecule has 0 aliphatic heterocycles. The number of carbonyl (C=O) groups excluding carboxylic acids is 2. The van der Waals surface area contributed by atoms with Crippen LogP contribution in [0, 0.1) is 10.1 Å². The first-order valence-corrected chi connectivity index (χ1v) is 6.44. The third-order valence-electron chi connectivity index (χ3n) is 2.61. The van der Waals surface area contributed by atoms with Crippen LogP contribution in [0.2, 0.25) is 0 Å². The van der Waals surface area contributed by atoms with Crippen molar-refractivity contribution in [1.29, 1.82) is 0 Å². The molecule has 0 saturated carbocycles. The fraction of sp³-hybridized carbons (Fsp3) is 0.286. The van der Waals surface area contributed by atoms with E-state index in [0.29, 0.717) is 12.1 Å². The van der Waals surface area contributed by atoms with Crippen LogP contribution in [0.15, 0.2) is 30.3 Å². The normalized spacial score (nSPS) is 11.9. The maximum absolute atomic E-state index is 11.6. The van der Waals surface area contributed by atoms with Crippen LogP contribution in [-0.4, -0.2) is 29.3 Å². The van der Waals surface area contributed by atoms with E-state index < -0.39 is 16.9 Å². The molecule has 7 nitrogen and oxygen atoms in total. The van der Waals surface area contributed by atoms with Crippen molar-refractivity contribution < 1.29 is 14.5 Å². The van der Waals surface area contributed by atoms with Crippen molar-refractivity contribution in [2.45, 2.75) is 19.9 Å². The van der Waals surface area contributed by atoms with Gasteiger partial charge in [-0.2, -0.15) is 0 Å². The van der Waals surface area contributed by atoms with Crippen molar-refractivity contribution in [3.8, 4) is 0 Å². The summed E-state index contributed by atoms with van der Waals surface area (Å²) in [6, 6.07) is 5.26. The van der Waals surface area contributed by atoms with Crippen LogP contribution in [0.4, 0.5) is 5.69 Å². The summed E-state index contributed by atoms with van der Waals surface area (Å²) in [7, 11) is 0. The second-order valence-electron chi connectivity index (χ2n) is 4.31. The Bertz CT molecular complexity index is 569. The summed E-state index contributed by atoms with van der Waals surface area (Å²) in [5.41, 5.74) is 0.485. The minimum Gasteiger partial charge on any atom is -0.355 e. The molecule has 1 rings (SSSR count). The largest absolute Gasteiger partial charge is 0.355 e. The molecule has 2 N–H and O–H groups in total. The molecular formula is C14H17N3O4. The zero-order chi connectivity index (χ0) is 15.8. The summed E-state index contributed by atoms with van der Waals surface area (Å²) in [6.45, 7) is 3.85. The summed E-state index contributed by atoms with van der Waals surface area (Å²) >= 11 is 0. The van der Waals surface area contributed by atoms with Crippen LogP contribution in [0.25, 0.3) is 6.08 Å². The van der Waals surface area contributed by atoms with Crippen molar-refractivity contribution >= 4 is 23.6 Å². The van der Waals surface area contributed by atoms with Crippen LogP contribution in [-0.2, 0) is 9.59 Å². The first-order chi connectivity index (χ1) is 9.93. The van der Waals surface area contributed by atoms with Gasteiger partial charge in [0.25, 0.3) is 5.69 Å². The van der Waals surface area contributed by atoms with Crippen LogP contribution in [0.3, 0.4) is 0 Å². The highest BCUT2D eigenvalue weighted by Crippen LogP contribution is 2.13. The van der Waals surface area contributed by atoms with E-state index in [1.165, 1.54) is 30.4 Å². The molecule has 1 atom stereocenters. The van der Waals surface area contributed by atoms with Crippen LogP contribution in [0.5, 0.6) is 0 Å². The Morgan fingerprint density at radius 1 is 1.43 bits per heavy atom. The number of benzene rings is 1. The van der Waals surface area contributed by atoms with Gasteiger partial charge in [0.2, 0.25) is 11.8 Å². The van der Waals surface area contributed by atoms with Gasteiger partial charge in [-0.3, -0.25) is 19.7 Å². The van der Waals surface area contributed by atoms with Gasteiger partial charge in [0.15, 0.2) is 0 Å². The third kappa shape index (κ3) is 5.43. The maximum Gasteiger partial charge on any atom is 0.270 e. The molecule has 112 valence electrons. The average Bonchev–Trinajstić information content (AvgIpc) is 2.45. The van der Waals surface area contributed by atoms with Gasteiger partial charge in [-0.1, -0.05) is 12.1 Å². The number of hydrogen-bond donors (Lipinski definition) is 2. The number of amides is 2. The molecule has 0 aromatic heterocycles. The second-order valence-corrected chi connectivity index (χ2v) is 4.31. The summed E-state index contributed by atoms with van der Waals surface area (Å²) in [4.78, 5) is 33.2. The lowest BCUT2D eigenvalue weighted by atomic mass is 10.2. The lowest BCUT2D eigenvalue weighted by molar-refractivity contribution is -0.384. The molecule has 0 aliphatic carbocycles. The molecule has 1 aromatic carbocycles. The lowest BCUT2D eigenvalue weighted by Gasteiger charge is -2.11. The highest BCUT2D eigenvalue weighted by atomic mass is 16.6. The highest BCUT2D eigenvalue weighted by molar-refractivity contribution is 5.95. The summed E-state index contributed by atoms with van der Waals surface area (Å²) in [5, 5.41) is 15.7. The number of nitro benzene ring substituents is 1. The average molecular weight is 291 g/mol. The molecule has 7 heteroatoms. The molecule has 0 heterocycles. The Labute approximate surface area is 122 Å². The third-order valence-corrected chi connectivity index (χ3v) is 2.61. The van der Waals surface area contributed by atoms with Gasteiger partial charge in [-0.15, -0.1) is 0 Å². The topological polar surface area (TPSA) is 101 Å². The number of non-ortho nitro benzene ring substituents is 1. The highest BCUT2D eigenvalue weighted by Gasteiger charge is 2.12. The van der Waals surface area contributed by atoms with E-state index in [1.807, 2.05) is 0 Å². The number of nitro groups is 1. The molecule has 1 aromatic rings. The number of nitrogens with one attached hydrogen (secondary N) is 2. The summed E-state index contributed by atoms with van der Waals surface area (Å²) < 4.78 is 0. The standard InChI is InChI=1S/C14H17N3O4/c1-3-15-14(19)10(2)16-13(18)8-7-11-5-4-6-12(9-11)17(20)21/h4-10H,3H2,1-2H3,(H,15,19)(H,16,18). The Morgan fingerprint density at radius 2 is 2.14 bits per heavy atom. The summed E-state index contributed by atoms with van der Waals surface area (Å²) in [6.07, 6.45) is 2.68. The van der Waals surface area contributed by atoms with Gasteiger partial charge in [0, 0.05) is 24.8 Å². The predicted molar refractivity (Wildman–Crippen MR) is 78.4 cm³/mol. The first kappa shape index (κ1) is 16.4. The van der Waals surface area contributed by atoms with Crippen molar-refractivity contribution in [3.05, 3.63) is 46.0 Å². The molecule has 0 saturated heterocycles. The predicted octanol–water partition coefficient (Wildman–Crippen LogP) is 1.25. The molecular weight excluding hydrogens is 274 g/mol. The van der Waals surface area contributed by atoms with Gasteiger partial charge in [-0.05, 0) is 25.5 Å². The Balaban J connectivity index is 2.64. The van der Waals surface area contributed by atoms with Gasteiger partial charge >= 0.3 is 0 Å². The molecule has 2 amide bonds. The van der Waals surface area contributed by atoms with Crippen molar-refractivity contribution in [2.75, 3.05) is 6.54 Å². The zero-order valence-corrected chi connectivity index (χ0v) is 11.8. The SMILES string of the molecule is CCNC(=O)C(C)NC(=O)C=Cc1cccc([N+](=O)[O-])c1. The molecule has 0 spiro atoms. The molecule has 0 bridgehead atoms. The molecule has 1 unspecified atom stereocenters. The Hall–Kier alpha value is -2.70. The first-order valence-electron chi connectivity index (χ1n) is 6.44. The van der Waals surface area contributed by atoms with Crippen LogP contribution < -0.4 is 10.6 Å².